The van der Waals surface area contributed by atoms with Crippen molar-refractivity contribution in [3.63, 3.8) is 0 Å². The average Bonchev–Trinajstić information content (AvgIpc) is 2.81. The second-order valence-electron chi connectivity index (χ2n) is 3.77. The van der Waals surface area contributed by atoms with Crippen LogP contribution in [-0.2, 0) is 4.74 Å². The van der Waals surface area contributed by atoms with E-state index in [-0.39, 0.29) is 12.0 Å². The van der Waals surface area contributed by atoms with Crippen molar-refractivity contribution in [2.24, 2.45) is 5.73 Å². The smallest absolute Gasteiger partial charge is 0.231 e. The molecule has 2 atom stereocenters. The Labute approximate surface area is 99.1 Å². The summed E-state index contributed by atoms with van der Waals surface area (Å²) in [6.07, 6.45) is 0.893. The van der Waals surface area contributed by atoms with Gasteiger partial charge in [0, 0.05) is 18.1 Å². The molecule has 1 aliphatic heterocycles. The van der Waals surface area contributed by atoms with Gasteiger partial charge in [0.25, 0.3) is 0 Å². The Hall–Kier alpha value is -0.590. The fourth-order valence-electron chi connectivity index (χ4n) is 1.62. The topological polar surface area (TPSA) is 74.2 Å². The van der Waals surface area contributed by atoms with E-state index < -0.39 is 0 Å². The lowest BCUT2D eigenvalue weighted by Crippen LogP contribution is -2.17. The quantitative estimate of drug-likeness (QED) is 0.860. The summed E-state index contributed by atoms with van der Waals surface area (Å²) >= 11 is 1.86. The van der Waals surface area contributed by atoms with Crippen LogP contribution in [0.25, 0.3) is 0 Å². The van der Waals surface area contributed by atoms with Crippen molar-refractivity contribution in [3.05, 3.63) is 11.7 Å². The summed E-state index contributed by atoms with van der Waals surface area (Å²) < 4.78 is 10.8. The standard InChI is InChI=1S/C10H17N3O2S/c1-2-7(5-11)10-12-9(13-15-10)8-6-16-4-3-14-8/h7-8H,2-6,11H2,1H3. The lowest BCUT2D eigenvalue weighted by Gasteiger charge is -2.18. The van der Waals surface area contributed by atoms with Gasteiger partial charge in [0.2, 0.25) is 11.7 Å². The Morgan fingerprint density at radius 1 is 1.62 bits per heavy atom. The first-order valence-electron chi connectivity index (χ1n) is 5.58. The predicted molar refractivity (Wildman–Crippen MR) is 62.4 cm³/mol. The maximum absolute atomic E-state index is 5.64. The van der Waals surface area contributed by atoms with Crippen LogP contribution < -0.4 is 5.73 Å². The maximum Gasteiger partial charge on any atom is 0.231 e. The molecule has 0 radical (unpaired) electrons. The van der Waals surface area contributed by atoms with E-state index in [0.29, 0.717) is 18.3 Å². The van der Waals surface area contributed by atoms with E-state index in [9.17, 15) is 0 Å². The first-order valence-corrected chi connectivity index (χ1v) is 6.73. The van der Waals surface area contributed by atoms with Gasteiger partial charge in [-0.2, -0.15) is 16.7 Å². The van der Waals surface area contributed by atoms with E-state index in [1.807, 2.05) is 11.8 Å². The third kappa shape index (κ3) is 2.56. The number of hydrogen-bond acceptors (Lipinski definition) is 6. The van der Waals surface area contributed by atoms with E-state index in [1.54, 1.807) is 0 Å². The zero-order chi connectivity index (χ0) is 11.4. The molecule has 1 aromatic rings. The molecule has 0 saturated carbocycles. The van der Waals surface area contributed by atoms with Gasteiger partial charge in [-0.05, 0) is 6.42 Å². The molecule has 2 N–H and O–H groups in total. The fourth-order valence-corrected chi connectivity index (χ4v) is 2.46. The normalized spacial score (nSPS) is 23.2. The van der Waals surface area contributed by atoms with Crippen molar-refractivity contribution in [1.82, 2.24) is 10.1 Å². The zero-order valence-electron chi connectivity index (χ0n) is 9.39. The predicted octanol–water partition coefficient (Wildman–Crippen LogP) is 1.33. The van der Waals surface area contributed by atoms with Crippen LogP contribution >= 0.6 is 11.8 Å². The van der Waals surface area contributed by atoms with Gasteiger partial charge < -0.3 is 15.0 Å². The van der Waals surface area contributed by atoms with Crippen molar-refractivity contribution in [2.75, 3.05) is 24.7 Å². The largest absolute Gasteiger partial charge is 0.368 e. The molecule has 0 aliphatic carbocycles. The molecule has 6 heteroatoms. The maximum atomic E-state index is 5.64. The van der Waals surface area contributed by atoms with Crippen molar-refractivity contribution >= 4 is 11.8 Å². The second-order valence-corrected chi connectivity index (χ2v) is 4.92. The van der Waals surface area contributed by atoms with Crippen molar-refractivity contribution < 1.29 is 9.26 Å². The van der Waals surface area contributed by atoms with Crippen LogP contribution in [0, 0.1) is 0 Å². The molecule has 1 aromatic heterocycles. The summed E-state index contributed by atoms with van der Waals surface area (Å²) in [7, 11) is 0. The highest BCUT2D eigenvalue weighted by Gasteiger charge is 2.24. The average molecular weight is 243 g/mol. The Morgan fingerprint density at radius 3 is 3.12 bits per heavy atom. The van der Waals surface area contributed by atoms with Crippen LogP contribution in [0.5, 0.6) is 0 Å². The monoisotopic (exact) mass is 243 g/mol. The van der Waals surface area contributed by atoms with Crippen molar-refractivity contribution in [3.8, 4) is 0 Å². The van der Waals surface area contributed by atoms with Gasteiger partial charge in [-0.25, -0.2) is 0 Å². The van der Waals surface area contributed by atoms with Crippen LogP contribution in [0.3, 0.4) is 0 Å². The lowest BCUT2D eigenvalue weighted by molar-refractivity contribution is 0.0677. The van der Waals surface area contributed by atoms with Gasteiger partial charge in [0.05, 0.1) is 12.5 Å². The molecule has 1 saturated heterocycles. The highest BCUT2D eigenvalue weighted by atomic mass is 32.2. The van der Waals surface area contributed by atoms with Gasteiger partial charge in [-0.1, -0.05) is 12.1 Å². The summed E-state index contributed by atoms with van der Waals surface area (Å²) in [6, 6.07) is 0. The van der Waals surface area contributed by atoms with E-state index in [0.717, 1.165) is 24.5 Å². The van der Waals surface area contributed by atoms with Crippen LogP contribution in [0.4, 0.5) is 0 Å². The van der Waals surface area contributed by atoms with Gasteiger partial charge in [-0.15, -0.1) is 0 Å². The molecule has 90 valence electrons. The lowest BCUT2D eigenvalue weighted by atomic mass is 10.1. The van der Waals surface area contributed by atoms with E-state index >= 15 is 0 Å². The molecular weight excluding hydrogens is 226 g/mol. The molecule has 0 aromatic carbocycles. The Morgan fingerprint density at radius 2 is 2.50 bits per heavy atom. The molecule has 0 bridgehead atoms. The SMILES string of the molecule is CCC(CN)c1nc(C2CSCCO2)no1. The molecule has 1 aliphatic rings. The molecule has 2 heterocycles. The number of aromatic nitrogens is 2. The van der Waals surface area contributed by atoms with Crippen molar-refractivity contribution in [2.45, 2.75) is 25.4 Å². The van der Waals surface area contributed by atoms with Crippen LogP contribution in [0.15, 0.2) is 4.52 Å². The third-order valence-electron chi connectivity index (χ3n) is 2.69. The highest BCUT2D eigenvalue weighted by molar-refractivity contribution is 7.99. The Balaban J connectivity index is 2.05. The molecule has 5 nitrogen and oxygen atoms in total. The number of rotatable bonds is 4. The molecule has 2 rings (SSSR count). The fraction of sp³-hybridized carbons (Fsp3) is 0.800. The number of nitrogens with two attached hydrogens (primary N) is 1. The number of ether oxygens (including phenoxy) is 1. The third-order valence-corrected chi connectivity index (χ3v) is 3.68. The first-order chi connectivity index (χ1) is 7.85. The van der Waals surface area contributed by atoms with Gasteiger partial charge in [-0.3, -0.25) is 0 Å². The molecule has 0 spiro atoms. The van der Waals surface area contributed by atoms with Crippen molar-refractivity contribution in [1.29, 1.82) is 0 Å². The van der Waals surface area contributed by atoms with E-state index in [4.69, 9.17) is 15.0 Å². The first kappa shape index (κ1) is 11.9. The molecule has 16 heavy (non-hydrogen) atoms. The van der Waals surface area contributed by atoms with Crippen LogP contribution in [-0.4, -0.2) is 34.8 Å². The van der Waals surface area contributed by atoms with Gasteiger partial charge >= 0.3 is 0 Å². The summed E-state index contributed by atoms with van der Waals surface area (Å²) in [5.41, 5.74) is 5.64. The number of hydrogen-bond donors (Lipinski definition) is 1. The summed E-state index contributed by atoms with van der Waals surface area (Å²) in [6.45, 7) is 3.36. The molecule has 1 fully saturated rings. The highest BCUT2D eigenvalue weighted by Crippen LogP contribution is 2.26. The van der Waals surface area contributed by atoms with Crippen LogP contribution in [0.2, 0.25) is 0 Å². The molecular formula is C10H17N3O2S. The minimum atomic E-state index is -0.0217. The Kier molecular flexibility index (Phi) is 4.20. The summed E-state index contributed by atoms with van der Waals surface area (Å²) in [5, 5.41) is 3.98. The number of nitrogens with zero attached hydrogens (tertiary/aromatic N) is 2. The molecule has 0 amide bonds. The van der Waals surface area contributed by atoms with E-state index in [2.05, 4.69) is 17.1 Å². The van der Waals surface area contributed by atoms with Crippen LogP contribution in [0.1, 0.15) is 37.1 Å². The minimum absolute atomic E-state index is 0.0217. The summed E-state index contributed by atoms with van der Waals surface area (Å²) in [5.74, 6) is 3.41. The Bertz CT molecular complexity index is 322. The second kappa shape index (κ2) is 5.65. The van der Waals surface area contributed by atoms with Gasteiger partial charge in [0.15, 0.2) is 0 Å². The summed E-state index contributed by atoms with van der Waals surface area (Å²) in [4.78, 5) is 4.38. The zero-order valence-corrected chi connectivity index (χ0v) is 10.2. The molecule has 2 unspecified atom stereocenters. The van der Waals surface area contributed by atoms with E-state index in [1.165, 1.54) is 0 Å². The minimum Gasteiger partial charge on any atom is -0.368 e. The van der Waals surface area contributed by atoms with Gasteiger partial charge in [0.1, 0.15) is 6.10 Å². The number of thioether (sulfide) groups is 1.